The standard InChI is InChI=1S/C28H38N4O3S/c1-18(2)16-31(28(35)25-5-4-14-36-25)23-15-24(26(33)30-22-12-10-21(29)11-13-22)32(17-23)27(34)20-8-6-19(3)7-9-20/h4-9,14,18,21-24H,10-13,15-17,29H2,1-3H3,(H,30,33). The van der Waals surface area contributed by atoms with Gasteiger partial charge >= 0.3 is 0 Å². The van der Waals surface area contributed by atoms with Crippen LogP contribution in [0.15, 0.2) is 41.8 Å². The summed E-state index contributed by atoms with van der Waals surface area (Å²) in [4.78, 5) is 44.9. The number of carbonyl (C=O) groups excluding carboxylic acids is 3. The second kappa shape index (κ2) is 11.6. The van der Waals surface area contributed by atoms with Gasteiger partial charge in [-0.3, -0.25) is 14.4 Å². The van der Waals surface area contributed by atoms with Crippen LogP contribution in [0.25, 0.3) is 0 Å². The number of nitrogens with two attached hydrogens (primary N) is 1. The van der Waals surface area contributed by atoms with Gasteiger partial charge in [-0.05, 0) is 68.5 Å². The first-order valence-electron chi connectivity index (χ1n) is 13.0. The molecule has 2 aliphatic rings. The Hall–Kier alpha value is -2.71. The fourth-order valence-electron chi connectivity index (χ4n) is 5.27. The van der Waals surface area contributed by atoms with Crippen LogP contribution in [0.2, 0.25) is 0 Å². The Labute approximate surface area is 218 Å². The maximum Gasteiger partial charge on any atom is 0.264 e. The second-order valence-electron chi connectivity index (χ2n) is 10.7. The molecule has 2 fully saturated rings. The molecule has 4 rings (SSSR count). The molecule has 1 aliphatic heterocycles. The highest BCUT2D eigenvalue weighted by molar-refractivity contribution is 7.12. The third-order valence-electron chi connectivity index (χ3n) is 7.25. The van der Waals surface area contributed by atoms with Crippen LogP contribution in [-0.2, 0) is 4.79 Å². The number of hydrogen-bond acceptors (Lipinski definition) is 5. The van der Waals surface area contributed by atoms with Crippen molar-refractivity contribution >= 4 is 29.1 Å². The third-order valence-corrected chi connectivity index (χ3v) is 8.11. The number of rotatable bonds is 7. The first-order chi connectivity index (χ1) is 17.2. The van der Waals surface area contributed by atoms with Gasteiger partial charge in [0.1, 0.15) is 6.04 Å². The molecule has 3 N–H and O–H groups in total. The summed E-state index contributed by atoms with van der Waals surface area (Å²) in [6, 6.07) is 10.6. The Morgan fingerprint density at radius 2 is 1.81 bits per heavy atom. The molecule has 2 aromatic rings. The largest absolute Gasteiger partial charge is 0.352 e. The fraction of sp³-hybridized carbons (Fsp3) is 0.536. The van der Waals surface area contributed by atoms with Gasteiger partial charge in [-0.2, -0.15) is 0 Å². The molecule has 3 amide bonds. The van der Waals surface area contributed by atoms with Crippen molar-refractivity contribution in [2.24, 2.45) is 11.7 Å². The number of hydrogen-bond donors (Lipinski definition) is 2. The van der Waals surface area contributed by atoms with Gasteiger partial charge < -0.3 is 20.9 Å². The number of carbonyl (C=O) groups is 3. The average molecular weight is 511 g/mol. The van der Waals surface area contributed by atoms with Crippen molar-refractivity contribution in [3.05, 3.63) is 57.8 Å². The second-order valence-corrected chi connectivity index (χ2v) is 11.6. The van der Waals surface area contributed by atoms with E-state index < -0.39 is 6.04 Å². The van der Waals surface area contributed by atoms with Gasteiger partial charge in [0.05, 0.1) is 10.9 Å². The maximum atomic E-state index is 13.6. The van der Waals surface area contributed by atoms with E-state index in [0.717, 1.165) is 31.2 Å². The Morgan fingerprint density at radius 3 is 2.42 bits per heavy atom. The highest BCUT2D eigenvalue weighted by Gasteiger charge is 2.44. The molecule has 2 atom stereocenters. The zero-order valence-electron chi connectivity index (χ0n) is 21.5. The molecule has 2 unspecified atom stereocenters. The van der Waals surface area contributed by atoms with E-state index in [2.05, 4.69) is 19.2 Å². The van der Waals surface area contributed by atoms with E-state index in [1.54, 1.807) is 4.90 Å². The molecule has 7 nitrogen and oxygen atoms in total. The monoisotopic (exact) mass is 510 g/mol. The molecule has 0 radical (unpaired) electrons. The number of nitrogens with one attached hydrogen (secondary N) is 1. The van der Waals surface area contributed by atoms with Crippen LogP contribution >= 0.6 is 11.3 Å². The van der Waals surface area contributed by atoms with Gasteiger partial charge in [0, 0.05) is 30.7 Å². The van der Waals surface area contributed by atoms with Crippen molar-refractivity contribution in [1.82, 2.24) is 15.1 Å². The first-order valence-corrected chi connectivity index (χ1v) is 13.9. The molecule has 1 saturated carbocycles. The number of amides is 3. The van der Waals surface area contributed by atoms with Crippen LogP contribution in [0.3, 0.4) is 0 Å². The quantitative estimate of drug-likeness (QED) is 0.592. The number of aryl methyl sites for hydroxylation is 1. The fourth-order valence-corrected chi connectivity index (χ4v) is 5.95. The van der Waals surface area contributed by atoms with Gasteiger partial charge in [-0.15, -0.1) is 11.3 Å². The van der Waals surface area contributed by atoms with Crippen molar-refractivity contribution in [2.45, 2.75) is 77.0 Å². The Kier molecular flexibility index (Phi) is 8.46. The van der Waals surface area contributed by atoms with E-state index in [0.29, 0.717) is 30.0 Å². The summed E-state index contributed by atoms with van der Waals surface area (Å²) in [5.41, 5.74) is 7.67. The molecular weight excluding hydrogens is 472 g/mol. The topological polar surface area (TPSA) is 95.7 Å². The van der Waals surface area contributed by atoms with Crippen LogP contribution in [0.1, 0.15) is 71.5 Å². The number of thiophene rings is 1. The molecule has 8 heteroatoms. The van der Waals surface area contributed by atoms with Gasteiger partial charge in [-0.25, -0.2) is 0 Å². The normalized spacial score (nSPS) is 24.1. The lowest BCUT2D eigenvalue weighted by molar-refractivity contribution is -0.125. The van der Waals surface area contributed by atoms with E-state index in [1.807, 2.05) is 53.6 Å². The maximum absolute atomic E-state index is 13.6. The predicted octanol–water partition coefficient (Wildman–Crippen LogP) is 3.82. The summed E-state index contributed by atoms with van der Waals surface area (Å²) >= 11 is 1.42. The lowest BCUT2D eigenvalue weighted by Gasteiger charge is -2.30. The summed E-state index contributed by atoms with van der Waals surface area (Å²) in [6.45, 7) is 7.05. The van der Waals surface area contributed by atoms with E-state index in [-0.39, 0.29) is 41.8 Å². The molecule has 1 aliphatic carbocycles. The molecular formula is C28H38N4O3S. The molecule has 0 bridgehead atoms. The van der Waals surface area contributed by atoms with Crippen molar-refractivity contribution in [2.75, 3.05) is 13.1 Å². The van der Waals surface area contributed by atoms with Crippen LogP contribution in [-0.4, -0.2) is 64.8 Å². The minimum atomic E-state index is -0.620. The highest BCUT2D eigenvalue weighted by Crippen LogP contribution is 2.28. The molecule has 1 saturated heterocycles. The van der Waals surface area contributed by atoms with Crippen LogP contribution < -0.4 is 11.1 Å². The van der Waals surface area contributed by atoms with Crippen LogP contribution in [0, 0.1) is 12.8 Å². The van der Waals surface area contributed by atoms with E-state index in [4.69, 9.17) is 5.73 Å². The zero-order valence-corrected chi connectivity index (χ0v) is 22.3. The summed E-state index contributed by atoms with van der Waals surface area (Å²) in [7, 11) is 0. The summed E-state index contributed by atoms with van der Waals surface area (Å²) < 4.78 is 0. The van der Waals surface area contributed by atoms with Gasteiger partial charge in [0.25, 0.3) is 11.8 Å². The number of benzene rings is 1. The Balaban J connectivity index is 1.58. The van der Waals surface area contributed by atoms with E-state index in [9.17, 15) is 14.4 Å². The highest BCUT2D eigenvalue weighted by atomic mass is 32.1. The minimum absolute atomic E-state index is 0.0336. The van der Waals surface area contributed by atoms with Gasteiger partial charge in [0.2, 0.25) is 5.91 Å². The molecule has 1 aromatic heterocycles. The van der Waals surface area contributed by atoms with Crippen molar-refractivity contribution in [3.63, 3.8) is 0 Å². The van der Waals surface area contributed by atoms with Crippen LogP contribution in [0.5, 0.6) is 0 Å². The van der Waals surface area contributed by atoms with Gasteiger partial charge in [-0.1, -0.05) is 37.6 Å². The molecule has 2 heterocycles. The average Bonchev–Trinajstić information content (AvgIpc) is 3.54. The van der Waals surface area contributed by atoms with Gasteiger partial charge in [0.15, 0.2) is 0 Å². The molecule has 0 spiro atoms. The summed E-state index contributed by atoms with van der Waals surface area (Å²) in [5.74, 6) is -0.0777. The Morgan fingerprint density at radius 1 is 1.11 bits per heavy atom. The van der Waals surface area contributed by atoms with Crippen molar-refractivity contribution < 1.29 is 14.4 Å². The summed E-state index contributed by atoms with van der Waals surface area (Å²) in [6.07, 6.45) is 3.92. The lowest BCUT2D eigenvalue weighted by Crippen LogP contribution is -2.50. The molecule has 36 heavy (non-hydrogen) atoms. The zero-order chi connectivity index (χ0) is 25.8. The first kappa shape index (κ1) is 26.4. The van der Waals surface area contributed by atoms with E-state index >= 15 is 0 Å². The summed E-state index contributed by atoms with van der Waals surface area (Å²) in [5, 5.41) is 5.09. The minimum Gasteiger partial charge on any atom is -0.352 e. The number of likely N-dealkylation sites (tertiary alicyclic amines) is 1. The molecule has 194 valence electrons. The van der Waals surface area contributed by atoms with E-state index in [1.165, 1.54) is 11.3 Å². The Bertz CT molecular complexity index is 1050. The number of nitrogens with zero attached hydrogens (tertiary/aromatic N) is 2. The van der Waals surface area contributed by atoms with Crippen molar-refractivity contribution in [1.29, 1.82) is 0 Å². The SMILES string of the molecule is Cc1ccc(C(=O)N2CC(N(CC(C)C)C(=O)c3cccs3)CC2C(=O)NC2CCC(N)CC2)cc1. The third kappa shape index (κ3) is 6.16. The van der Waals surface area contributed by atoms with Crippen LogP contribution in [0.4, 0.5) is 0 Å². The predicted molar refractivity (Wildman–Crippen MR) is 143 cm³/mol. The smallest absolute Gasteiger partial charge is 0.264 e. The lowest BCUT2D eigenvalue weighted by atomic mass is 9.91. The van der Waals surface area contributed by atoms with Crippen molar-refractivity contribution in [3.8, 4) is 0 Å². The molecule has 1 aromatic carbocycles.